The minimum atomic E-state index is 0.649. The van der Waals surface area contributed by atoms with Gasteiger partial charge in [0, 0.05) is 17.1 Å². The van der Waals surface area contributed by atoms with Gasteiger partial charge in [-0.1, -0.05) is 41.1 Å². The molecule has 1 saturated heterocycles. The Bertz CT molecular complexity index is 364. The molecule has 1 aliphatic heterocycles. The van der Waals surface area contributed by atoms with Crippen molar-refractivity contribution in [1.29, 1.82) is 0 Å². The van der Waals surface area contributed by atoms with Gasteiger partial charge >= 0.3 is 0 Å². The number of likely N-dealkylation sites (tertiary alicyclic amines) is 1. The van der Waals surface area contributed by atoms with Gasteiger partial charge in [0.15, 0.2) is 0 Å². The van der Waals surface area contributed by atoms with E-state index in [1.165, 1.54) is 36.0 Å². The molecule has 1 nitrogen and oxygen atoms in total. The molecular formula is C15H22BrN. The second kappa shape index (κ2) is 6.01. The van der Waals surface area contributed by atoms with Gasteiger partial charge in [0.2, 0.25) is 0 Å². The van der Waals surface area contributed by atoms with E-state index in [9.17, 15) is 0 Å². The fraction of sp³-hybridized carbons (Fsp3) is 0.600. The summed E-state index contributed by atoms with van der Waals surface area (Å²) in [6, 6.07) is 9.23. The van der Waals surface area contributed by atoms with Gasteiger partial charge in [0.25, 0.3) is 0 Å². The summed E-state index contributed by atoms with van der Waals surface area (Å²) in [5.41, 5.74) is 1.43. The number of benzene rings is 1. The molecule has 17 heavy (non-hydrogen) atoms. The molecule has 0 aliphatic carbocycles. The van der Waals surface area contributed by atoms with Crippen molar-refractivity contribution in [3.05, 3.63) is 34.3 Å². The summed E-state index contributed by atoms with van der Waals surface area (Å²) in [6.45, 7) is 7.27. The Morgan fingerprint density at radius 1 is 1.41 bits per heavy atom. The molecule has 0 N–H and O–H groups in total. The highest BCUT2D eigenvalue weighted by Crippen LogP contribution is 2.22. The van der Waals surface area contributed by atoms with Crippen molar-refractivity contribution in [3.8, 4) is 0 Å². The lowest BCUT2D eigenvalue weighted by Gasteiger charge is -2.35. The lowest BCUT2D eigenvalue weighted by atomic mass is 9.97. The zero-order valence-electron chi connectivity index (χ0n) is 10.8. The molecule has 1 aromatic carbocycles. The number of halogens is 1. The molecule has 0 amide bonds. The van der Waals surface area contributed by atoms with E-state index in [4.69, 9.17) is 0 Å². The van der Waals surface area contributed by atoms with Crippen LogP contribution in [0.25, 0.3) is 0 Å². The van der Waals surface area contributed by atoms with Crippen molar-refractivity contribution in [2.75, 3.05) is 13.1 Å². The standard InChI is InChI=1S/C15H22BrN/c1-12-6-5-9-17(11-12)13(2)10-14-7-3-4-8-15(14)16/h3-4,7-8,12-13H,5-6,9-11H2,1-2H3. The first-order valence-electron chi connectivity index (χ1n) is 6.64. The molecule has 0 saturated carbocycles. The molecule has 1 heterocycles. The van der Waals surface area contributed by atoms with Gasteiger partial charge < -0.3 is 4.90 Å². The van der Waals surface area contributed by atoms with Gasteiger partial charge in [0.1, 0.15) is 0 Å². The van der Waals surface area contributed by atoms with E-state index >= 15 is 0 Å². The van der Waals surface area contributed by atoms with Crippen molar-refractivity contribution < 1.29 is 0 Å². The van der Waals surface area contributed by atoms with Crippen LogP contribution in [0.4, 0.5) is 0 Å². The normalized spacial score (nSPS) is 23.6. The topological polar surface area (TPSA) is 3.24 Å². The Morgan fingerprint density at radius 2 is 2.18 bits per heavy atom. The Morgan fingerprint density at radius 3 is 2.88 bits per heavy atom. The second-order valence-electron chi connectivity index (χ2n) is 5.39. The Balaban J connectivity index is 1.96. The van der Waals surface area contributed by atoms with Crippen LogP contribution in [0.5, 0.6) is 0 Å². The van der Waals surface area contributed by atoms with Crippen LogP contribution >= 0.6 is 15.9 Å². The van der Waals surface area contributed by atoms with Gasteiger partial charge in [0.05, 0.1) is 0 Å². The fourth-order valence-corrected chi connectivity index (χ4v) is 3.18. The fourth-order valence-electron chi connectivity index (χ4n) is 2.74. The summed E-state index contributed by atoms with van der Waals surface area (Å²) >= 11 is 3.64. The average molecular weight is 296 g/mol. The van der Waals surface area contributed by atoms with E-state index in [1.54, 1.807) is 0 Å². The van der Waals surface area contributed by atoms with Crippen LogP contribution in [-0.4, -0.2) is 24.0 Å². The SMILES string of the molecule is CC1CCCN(C(C)Cc2ccccc2Br)C1. The van der Waals surface area contributed by atoms with Crippen molar-refractivity contribution in [1.82, 2.24) is 4.90 Å². The molecular weight excluding hydrogens is 274 g/mol. The van der Waals surface area contributed by atoms with E-state index < -0.39 is 0 Å². The Kier molecular flexibility index (Phi) is 4.63. The quantitative estimate of drug-likeness (QED) is 0.811. The minimum absolute atomic E-state index is 0.649. The van der Waals surface area contributed by atoms with Crippen LogP contribution in [-0.2, 0) is 6.42 Å². The van der Waals surface area contributed by atoms with Gasteiger partial charge in [-0.3, -0.25) is 0 Å². The summed E-state index contributed by atoms with van der Waals surface area (Å²) in [4.78, 5) is 2.65. The molecule has 0 bridgehead atoms. The molecule has 2 rings (SSSR count). The van der Waals surface area contributed by atoms with E-state index in [-0.39, 0.29) is 0 Å². The number of hydrogen-bond acceptors (Lipinski definition) is 1. The first-order chi connectivity index (χ1) is 8.16. The predicted octanol–water partition coefficient (Wildman–Crippen LogP) is 4.11. The van der Waals surface area contributed by atoms with Gasteiger partial charge in [-0.2, -0.15) is 0 Å². The lowest BCUT2D eigenvalue weighted by Crippen LogP contribution is -2.41. The van der Waals surface area contributed by atoms with Crippen molar-refractivity contribution in [3.63, 3.8) is 0 Å². The highest BCUT2D eigenvalue weighted by atomic mass is 79.9. The van der Waals surface area contributed by atoms with Crippen LogP contribution in [0, 0.1) is 5.92 Å². The van der Waals surface area contributed by atoms with E-state index in [0.717, 1.165) is 12.3 Å². The molecule has 0 radical (unpaired) electrons. The Hall–Kier alpha value is -0.340. The average Bonchev–Trinajstić information content (AvgIpc) is 2.32. The van der Waals surface area contributed by atoms with Crippen molar-refractivity contribution in [2.24, 2.45) is 5.92 Å². The molecule has 1 aromatic rings. The number of rotatable bonds is 3. The first-order valence-corrected chi connectivity index (χ1v) is 7.43. The van der Waals surface area contributed by atoms with Crippen molar-refractivity contribution >= 4 is 15.9 Å². The maximum absolute atomic E-state index is 3.64. The zero-order chi connectivity index (χ0) is 12.3. The van der Waals surface area contributed by atoms with Crippen LogP contribution in [0.3, 0.4) is 0 Å². The highest BCUT2D eigenvalue weighted by Gasteiger charge is 2.21. The maximum Gasteiger partial charge on any atom is 0.0207 e. The smallest absolute Gasteiger partial charge is 0.0207 e. The summed E-state index contributed by atoms with van der Waals surface area (Å²) in [6.07, 6.45) is 3.91. The molecule has 1 aliphatic rings. The molecule has 2 unspecified atom stereocenters. The third kappa shape index (κ3) is 3.56. The minimum Gasteiger partial charge on any atom is -0.300 e. The predicted molar refractivity (Wildman–Crippen MR) is 77.3 cm³/mol. The monoisotopic (exact) mass is 295 g/mol. The highest BCUT2D eigenvalue weighted by molar-refractivity contribution is 9.10. The van der Waals surface area contributed by atoms with Gasteiger partial charge in [-0.15, -0.1) is 0 Å². The van der Waals surface area contributed by atoms with Crippen LogP contribution in [0.1, 0.15) is 32.3 Å². The molecule has 0 spiro atoms. The van der Waals surface area contributed by atoms with E-state index in [2.05, 4.69) is 58.9 Å². The third-order valence-corrected chi connectivity index (χ3v) is 4.56. The van der Waals surface area contributed by atoms with Crippen LogP contribution in [0.15, 0.2) is 28.7 Å². The van der Waals surface area contributed by atoms with E-state index in [0.29, 0.717) is 6.04 Å². The third-order valence-electron chi connectivity index (χ3n) is 3.78. The number of hydrogen-bond donors (Lipinski definition) is 0. The van der Waals surface area contributed by atoms with Crippen molar-refractivity contribution in [2.45, 2.75) is 39.2 Å². The lowest BCUT2D eigenvalue weighted by molar-refractivity contribution is 0.138. The summed E-state index contributed by atoms with van der Waals surface area (Å²) in [7, 11) is 0. The van der Waals surface area contributed by atoms with Gasteiger partial charge in [-0.05, 0) is 50.3 Å². The second-order valence-corrected chi connectivity index (χ2v) is 6.24. The summed E-state index contributed by atoms with van der Waals surface area (Å²) in [5, 5.41) is 0. The number of nitrogens with zero attached hydrogens (tertiary/aromatic N) is 1. The summed E-state index contributed by atoms with van der Waals surface area (Å²) < 4.78 is 1.25. The zero-order valence-corrected chi connectivity index (χ0v) is 12.4. The number of piperidine rings is 1. The largest absolute Gasteiger partial charge is 0.300 e. The molecule has 2 heteroatoms. The first kappa shape index (κ1) is 13.1. The summed E-state index contributed by atoms with van der Waals surface area (Å²) in [5.74, 6) is 0.866. The molecule has 0 aromatic heterocycles. The van der Waals surface area contributed by atoms with Gasteiger partial charge in [-0.25, -0.2) is 0 Å². The maximum atomic E-state index is 3.64. The molecule has 1 fully saturated rings. The molecule has 94 valence electrons. The Labute approximate surface area is 113 Å². The van der Waals surface area contributed by atoms with Crippen LogP contribution < -0.4 is 0 Å². The molecule has 2 atom stereocenters. The van der Waals surface area contributed by atoms with E-state index in [1.807, 2.05) is 0 Å². The van der Waals surface area contributed by atoms with Crippen LogP contribution in [0.2, 0.25) is 0 Å².